The van der Waals surface area contributed by atoms with Crippen LogP contribution in [-0.2, 0) is 15.7 Å². The van der Waals surface area contributed by atoms with Gasteiger partial charge in [0.2, 0.25) is 0 Å². The summed E-state index contributed by atoms with van der Waals surface area (Å²) >= 11 is 0. The van der Waals surface area contributed by atoms with Gasteiger partial charge in [-0.2, -0.15) is 13.2 Å². The van der Waals surface area contributed by atoms with Gasteiger partial charge >= 0.3 is 6.18 Å². The molecule has 1 aliphatic carbocycles. The third-order valence-electron chi connectivity index (χ3n) is 5.90. The topological polar surface area (TPSA) is 18.5 Å². The lowest BCUT2D eigenvalue weighted by molar-refractivity contribution is -0.222. The van der Waals surface area contributed by atoms with Crippen LogP contribution in [0.5, 0.6) is 0 Å². The van der Waals surface area contributed by atoms with E-state index in [2.05, 4.69) is 6.92 Å². The molecule has 0 bridgehead atoms. The molecule has 1 saturated heterocycles. The number of hydrogen-bond acceptors (Lipinski definition) is 2. The molecule has 2 nitrogen and oxygen atoms in total. The lowest BCUT2D eigenvalue weighted by Gasteiger charge is -2.34. The van der Waals surface area contributed by atoms with E-state index in [1.807, 2.05) is 6.08 Å². The van der Waals surface area contributed by atoms with Gasteiger partial charge in [-0.25, -0.2) is 13.2 Å². The van der Waals surface area contributed by atoms with Crippen LogP contribution in [0.15, 0.2) is 36.4 Å². The van der Waals surface area contributed by atoms with Gasteiger partial charge in [0, 0.05) is 17.4 Å². The highest BCUT2D eigenvalue weighted by Gasteiger charge is 2.38. The molecule has 4 rings (SSSR count). The van der Waals surface area contributed by atoms with Crippen molar-refractivity contribution in [1.82, 2.24) is 0 Å². The number of alkyl halides is 3. The minimum Gasteiger partial charge on any atom is -0.352 e. The predicted molar refractivity (Wildman–Crippen MR) is 107 cm³/mol. The summed E-state index contributed by atoms with van der Waals surface area (Å²) in [5.74, 6) is -3.74. The SMILES string of the molecule is CC1COC(C2CC=C(c3ccc(-c4cc(F)c(C(F)(F)F)c(F)c4)c(F)c3)CC2)OC1. The maximum Gasteiger partial charge on any atom is 0.422 e. The second kappa shape index (κ2) is 8.90. The summed E-state index contributed by atoms with van der Waals surface area (Å²) in [6.07, 6.45) is -1.20. The van der Waals surface area contributed by atoms with Crippen LogP contribution >= 0.6 is 0 Å². The van der Waals surface area contributed by atoms with Crippen molar-refractivity contribution < 1.29 is 35.8 Å². The summed E-state index contributed by atoms with van der Waals surface area (Å²) in [4.78, 5) is 0. The van der Waals surface area contributed by atoms with E-state index in [0.29, 0.717) is 49.7 Å². The zero-order valence-corrected chi connectivity index (χ0v) is 17.3. The summed E-state index contributed by atoms with van der Waals surface area (Å²) in [5, 5.41) is 0. The second-order valence-corrected chi connectivity index (χ2v) is 8.41. The summed E-state index contributed by atoms with van der Waals surface area (Å²) in [6, 6.07) is 5.17. The number of ether oxygens (including phenoxy) is 2. The fourth-order valence-electron chi connectivity index (χ4n) is 4.20. The first-order valence-corrected chi connectivity index (χ1v) is 10.4. The normalized spacial score (nSPS) is 24.3. The average Bonchev–Trinajstić information content (AvgIpc) is 2.73. The smallest absolute Gasteiger partial charge is 0.352 e. The van der Waals surface area contributed by atoms with Gasteiger partial charge in [0.1, 0.15) is 23.0 Å². The second-order valence-electron chi connectivity index (χ2n) is 8.41. The van der Waals surface area contributed by atoms with E-state index in [4.69, 9.17) is 9.47 Å². The van der Waals surface area contributed by atoms with E-state index in [0.717, 1.165) is 12.0 Å². The Morgan fingerprint density at radius 1 is 0.875 bits per heavy atom. The highest BCUT2D eigenvalue weighted by molar-refractivity contribution is 5.71. The molecule has 0 saturated carbocycles. The molecule has 1 fully saturated rings. The third-order valence-corrected chi connectivity index (χ3v) is 5.90. The highest BCUT2D eigenvalue weighted by atomic mass is 19.4. The quantitative estimate of drug-likeness (QED) is 0.464. The average molecular weight is 456 g/mol. The molecule has 1 aliphatic heterocycles. The lowest BCUT2D eigenvalue weighted by atomic mass is 9.85. The first kappa shape index (κ1) is 22.9. The van der Waals surface area contributed by atoms with Crippen LogP contribution in [0.3, 0.4) is 0 Å². The summed E-state index contributed by atoms with van der Waals surface area (Å²) < 4.78 is 92.4. The minimum absolute atomic E-state index is 0.173. The first-order chi connectivity index (χ1) is 15.1. The molecule has 2 aromatic carbocycles. The van der Waals surface area contributed by atoms with Crippen LogP contribution in [0.4, 0.5) is 26.3 Å². The highest BCUT2D eigenvalue weighted by Crippen LogP contribution is 2.38. The molecule has 0 N–H and O–H groups in total. The molecule has 2 aliphatic rings. The van der Waals surface area contributed by atoms with Crippen molar-refractivity contribution >= 4 is 5.57 Å². The maximum absolute atomic E-state index is 14.8. The van der Waals surface area contributed by atoms with Gasteiger partial charge in [-0.05, 0) is 54.2 Å². The number of hydrogen-bond donors (Lipinski definition) is 0. The van der Waals surface area contributed by atoms with Gasteiger partial charge in [-0.15, -0.1) is 0 Å². The molecule has 172 valence electrons. The van der Waals surface area contributed by atoms with Crippen LogP contribution in [0, 0.1) is 29.3 Å². The summed E-state index contributed by atoms with van der Waals surface area (Å²) in [6.45, 7) is 3.38. The minimum atomic E-state index is -5.17. The van der Waals surface area contributed by atoms with Gasteiger partial charge in [0.25, 0.3) is 0 Å². The van der Waals surface area contributed by atoms with Gasteiger partial charge < -0.3 is 9.47 Å². The fraction of sp³-hybridized carbons (Fsp3) is 0.417. The van der Waals surface area contributed by atoms with E-state index in [1.165, 1.54) is 12.1 Å². The number of halogens is 6. The van der Waals surface area contributed by atoms with Crippen LogP contribution in [0.2, 0.25) is 0 Å². The largest absolute Gasteiger partial charge is 0.422 e. The molecule has 0 radical (unpaired) electrons. The van der Waals surface area contributed by atoms with Crippen molar-refractivity contribution in [3.63, 3.8) is 0 Å². The molecule has 0 spiro atoms. The third kappa shape index (κ3) is 4.71. The Morgan fingerprint density at radius 3 is 2.03 bits per heavy atom. The van der Waals surface area contributed by atoms with Gasteiger partial charge in [-0.3, -0.25) is 0 Å². The van der Waals surface area contributed by atoms with Gasteiger partial charge in [0.05, 0.1) is 13.2 Å². The molecule has 1 atom stereocenters. The van der Waals surface area contributed by atoms with Crippen molar-refractivity contribution in [1.29, 1.82) is 0 Å². The monoisotopic (exact) mass is 456 g/mol. The zero-order chi connectivity index (χ0) is 23.0. The maximum atomic E-state index is 14.8. The van der Waals surface area contributed by atoms with Crippen molar-refractivity contribution in [3.8, 4) is 11.1 Å². The Labute approximate surface area is 181 Å². The fourth-order valence-corrected chi connectivity index (χ4v) is 4.20. The summed E-state index contributed by atoms with van der Waals surface area (Å²) in [7, 11) is 0. The molecule has 0 amide bonds. The van der Waals surface area contributed by atoms with Crippen LogP contribution in [0.1, 0.15) is 37.3 Å². The Balaban J connectivity index is 1.52. The molecule has 1 heterocycles. The Kier molecular flexibility index (Phi) is 6.36. The standard InChI is InChI=1S/C24H22F6O2/c1-13-11-31-23(32-12-13)15-4-2-14(3-5-15)16-6-7-18(19(25)8-16)17-9-20(26)22(21(27)10-17)24(28,29)30/h2,6-10,13,15,23H,3-5,11-12H2,1H3. The number of benzene rings is 2. The first-order valence-electron chi connectivity index (χ1n) is 10.4. The van der Waals surface area contributed by atoms with Crippen molar-refractivity contribution in [2.75, 3.05) is 13.2 Å². The Hall–Kier alpha value is -2.32. The van der Waals surface area contributed by atoms with E-state index >= 15 is 0 Å². The molecule has 8 heteroatoms. The van der Waals surface area contributed by atoms with E-state index < -0.39 is 29.2 Å². The molecule has 2 aromatic rings. The van der Waals surface area contributed by atoms with Crippen LogP contribution in [-0.4, -0.2) is 19.5 Å². The van der Waals surface area contributed by atoms with Crippen LogP contribution in [0.25, 0.3) is 16.7 Å². The number of allylic oxidation sites excluding steroid dienone is 2. The number of rotatable bonds is 3. The molecular weight excluding hydrogens is 434 g/mol. The van der Waals surface area contributed by atoms with Crippen molar-refractivity contribution in [2.24, 2.45) is 11.8 Å². The lowest BCUT2D eigenvalue weighted by Crippen LogP contribution is -2.36. The van der Waals surface area contributed by atoms with Crippen LogP contribution < -0.4 is 0 Å². The summed E-state index contributed by atoms with van der Waals surface area (Å²) in [5.41, 5.74) is -0.902. The zero-order valence-electron chi connectivity index (χ0n) is 17.3. The molecule has 32 heavy (non-hydrogen) atoms. The van der Waals surface area contributed by atoms with E-state index in [1.54, 1.807) is 6.07 Å². The Bertz CT molecular complexity index is 999. The predicted octanol–water partition coefficient (Wildman–Crippen LogP) is 6.98. The molecular formula is C24H22F6O2. The van der Waals surface area contributed by atoms with Gasteiger partial charge in [-0.1, -0.05) is 25.1 Å². The van der Waals surface area contributed by atoms with Crippen molar-refractivity contribution in [3.05, 3.63) is 65.0 Å². The van der Waals surface area contributed by atoms with E-state index in [-0.39, 0.29) is 23.3 Å². The van der Waals surface area contributed by atoms with E-state index in [9.17, 15) is 26.3 Å². The molecule has 0 aromatic heterocycles. The van der Waals surface area contributed by atoms with Gasteiger partial charge in [0.15, 0.2) is 6.29 Å². The van der Waals surface area contributed by atoms with Crippen molar-refractivity contribution in [2.45, 2.75) is 38.7 Å². The molecule has 1 unspecified atom stereocenters. The Morgan fingerprint density at radius 2 is 1.50 bits per heavy atom.